The third-order valence-electron chi connectivity index (χ3n) is 1.50. The van der Waals surface area contributed by atoms with Crippen LogP contribution in [0, 0.1) is 5.82 Å². The lowest BCUT2D eigenvalue weighted by atomic mass is 10.1. The summed E-state index contributed by atoms with van der Waals surface area (Å²) < 4.78 is 37.3. The van der Waals surface area contributed by atoms with Crippen molar-refractivity contribution in [1.82, 2.24) is 0 Å². The van der Waals surface area contributed by atoms with Gasteiger partial charge in [-0.05, 0) is 28.1 Å². The fourth-order valence-corrected chi connectivity index (χ4v) is 1.30. The van der Waals surface area contributed by atoms with Crippen molar-refractivity contribution in [3.05, 3.63) is 33.0 Å². The summed E-state index contributed by atoms with van der Waals surface area (Å²) in [5, 5.41) is -0.378. The van der Waals surface area contributed by atoms with E-state index in [1.165, 1.54) is 6.07 Å². The van der Waals surface area contributed by atoms with Gasteiger partial charge in [-0.2, -0.15) is 0 Å². The topological polar surface area (TPSA) is 17.1 Å². The van der Waals surface area contributed by atoms with Gasteiger partial charge in [0.05, 0.1) is 10.6 Å². The third-order valence-corrected chi connectivity index (χ3v) is 2.76. The molecule has 0 atom stereocenters. The van der Waals surface area contributed by atoms with E-state index in [4.69, 9.17) is 11.6 Å². The first kappa shape index (κ1) is 11.5. The molecule has 0 saturated carbocycles. The second-order valence-electron chi connectivity index (χ2n) is 2.39. The maximum absolute atomic E-state index is 13.2. The molecule has 14 heavy (non-hydrogen) atoms. The van der Waals surface area contributed by atoms with E-state index in [-0.39, 0.29) is 9.50 Å². The van der Waals surface area contributed by atoms with Gasteiger partial charge in [0.2, 0.25) is 5.78 Å². The summed E-state index contributed by atoms with van der Waals surface area (Å²) in [6, 6.07) is 2.20. The van der Waals surface area contributed by atoms with Gasteiger partial charge in [0.15, 0.2) is 5.82 Å². The Bertz CT molecular complexity index is 381. The Morgan fingerprint density at radius 2 is 2.00 bits per heavy atom. The minimum absolute atomic E-state index is 0.211. The molecule has 0 aromatic heterocycles. The van der Waals surface area contributed by atoms with E-state index in [2.05, 4.69) is 15.9 Å². The number of hydrogen-bond donors (Lipinski definition) is 0. The molecule has 1 nitrogen and oxygen atoms in total. The summed E-state index contributed by atoms with van der Waals surface area (Å²) in [6.07, 6.45) is -3.23. The molecule has 1 rings (SSSR count). The quantitative estimate of drug-likeness (QED) is 0.599. The second-order valence-corrected chi connectivity index (χ2v) is 3.62. The Hall–Kier alpha value is -0.550. The predicted molar refractivity (Wildman–Crippen MR) is 49.4 cm³/mol. The summed E-state index contributed by atoms with van der Waals surface area (Å²) in [4.78, 5) is 10.8. The first-order chi connectivity index (χ1) is 6.45. The zero-order valence-corrected chi connectivity index (χ0v) is 8.87. The van der Waals surface area contributed by atoms with Crippen LogP contribution in [0.25, 0.3) is 0 Å². The number of alkyl halides is 2. The van der Waals surface area contributed by atoms with Crippen molar-refractivity contribution in [2.45, 2.75) is 6.43 Å². The molecule has 0 radical (unpaired) electrons. The van der Waals surface area contributed by atoms with Crippen LogP contribution in [-0.4, -0.2) is 12.2 Å². The van der Waals surface area contributed by atoms with Crippen molar-refractivity contribution in [1.29, 1.82) is 0 Å². The zero-order chi connectivity index (χ0) is 10.9. The molecular formula is C8H3BrClF3O. The second kappa shape index (κ2) is 4.31. The molecule has 0 bridgehead atoms. The van der Waals surface area contributed by atoms with Gasteiger partial charge in [0.25, 0.3) is 0 Å². The summed E-state index contributed by atoms with van der Waals surface area (Å²) in [7, 11) is 0. The maximum atomic E-state index is 13.2. The van der Waals surface area contributed by atoms with Gasteiger partial charge >= 0.3 is 6.43 Å². The van der Waals surface area contributed by atoms with Crippen molar-refractivity contribution < 1.29 is 18.0 Å². The minimum Gasteiger partial charge on any atom is -0.288 e. The van der Waals surface area contributed by atoms with E-state index < -0.39 is 23.6 Å². The molecule has 0 aliphatic carbocycles. The number of carbonyl (C=O) groups excluding carboxylic acids is 1. The largest absolute Gasteiger partial charge is 0.300 e. The predicted octanol–water partition coefficient (Wildman–Crippen LogP) is 3.69. The van der Waals surface area contributed by atoms with Crippen LogP contribution in [0.4, 0.5) is 13.2 Å². The number of rotatable bonds is 2. The Labute approximate surface area is 91.0 Å². The first-order valence-electron chi connectivity index (χ1n) is 3.41. The van der Waals surface area contributed by atoms with Gasteiger partial charge < -0.3 is 0 Å². The van der Waals surface area contributed by atoms with Crippen molar-refractivity contribution in [3.8, 4) is 0 Å². The number of hydrogen-bond acceptors (Lipinski definition) is 1. The van der Waals surface area contributed by atoms with E-state index in [0.29, 0.717) is 0 Å². The van der Waals surface area contributed by atoms with Crippen LogP contribution in [-0.2, 0) is 0 Å². The number of benzene rings is 1. The molecule has 1 aromatic carbocycles. The normalized spacial score (nSPS) is 10.7. The Kier molecular flexibility index (Phi) is 3.55. The van der Waals surface area contributed by atoms with E-state index in [1.807, 2.05) is 0 Å². The summed E-state index contributed by atoms with van der Waals surface area (Å²) in [5.41, 5.74) is -0.701. The van der Waals surface area contributed by atoms with Gasteiger partial charge in [-0.3, -0.25) is 4.79 Å². The number of halogens is 5. The number of ketones is 1. The van der Waals surface area contributed by atoms with E-state index in [1.54, 1.807) is 0 Å². The Balaban J connectivity index is 3.24. The summed E-state index contributed by atoms with van der Waals surface area (Å²) in [5.74, 6) is -2.71. The van der Waals surface area contributed by atoms with Crippen molar-refractivity contribution in [3.63, 3.8) is 0 Å². The van der Waals surface area contributed by atoms with Crippen molar-refractivity contribution in [2.75, 3.05) is 0 Å². The molecule has 1 aromatic rings. The lowest BCUT2D eigenvalue weighted by Gasteiger charge is -2.04. The average Bonchev–Trinajstić information content (AvgIpc) is 2.13. The molecule has 0 aliphatic heterocycles. The highest BCUT2D eigenvalue weighted by molar-refractivity contribution is 9.10. The highest BCUT2D eigenvalue weighted by atomic mass is 79.9. The van der Waals surface area contributed by atoms with Gasteiger partial charge in [-0.25, -0.2) is 13.2 Å². The molecule has 0 unspecified atom stereocenters. The van der Waals surface area contributed by atoms with Crippen LogP contribution >= 0.6 is 27.5 Å². The minimum atomic E-state index is -3.23. The van der Waals surface area contributed by atoms with Crippen LogP contribution < -0.4 is 0 Å². The van der Waals surface area contributed by atoms with E-state index in [9.17, 15) is 18.0 Å². The molecule has 0 N–H and O–H groups in total. The lowest BCUT2D eigenvalue weighted by molar-refractivity contribution is 0.0674. The smallest absolute Gasteiger partial charge is 0.288 e. The van der Waals surface area contributed by atoms with Gasteiger partial charge in [-0.1, -0.05) is 11.6 Å². The Morgan fingerprint density at radius 3 is 2.50 bits per heavy atom. The molecular weight excluding hydrogens is 284 g/mol. The number of carbonyl (C=O) groups is 1. The fourth-order valence-electron chi connectivity index (χ4n) is 0.834. The molecule has 6 heteroatoms. The molecule has 0 saturated heterocycles. The standard InChI is InChI=1S/C8H3BrClF3O/c9-4-2-1-3(6(11)5(4)10)7(14)8(12)13/h1-2,8H. The Morgan fingerprint density at radius 1 is 1.43 bits per heavy atom. The lowest BCUT2D eigenvalue weighted by Crippen LogP contribution is -2.12. The van der Waals surface area contributed by atoms with Crippen molar-refractivity contribution >= 4 is 33.3 Å². The van der Waals surface area contributed by atoms with Crippen LogP contribution in [0.2, 0.25) is 5.02 Å². The molecule has 0 fully saturated rings. The SMILES string of the molecule is O=C(c1ccc(Br)c(Cl)c1F)C(F)F. The van der Waals surface area contributed by atoms with Crippen LogP contribution in [0.3, 0.4) is 0 Å². The molecule has 0 aliphatic rings. The fraction of sp³-hybridized carbons (Fsp3) is 0.125. The molecule has 0 spiro atoms. The van der Waals surface area contributed by atoms with Gasteiger partial charge in [-0.15, -0.1) is 0 Å². The zero-order valence-electron chi connectivity index (χ0n) is 6.53. The molecule has 76 valence electrons. The van der Waals surface area contributed by atoms with Crippen molar-refractivity contribution in [2.24, 2.45) is 0 Å². The highest BCUT2D eigenvalue weighted by Gasteiger charge is 2.23. The van der Waals surface area contributed by atoms with E-state index in [0.717, 1.165) is 6.07 Å². The summed E-state index contributed by atoms with van der Waals surface area (Å²) in [6.45, 7) is 0. The molecule has 0 amide bonds. The van der Waals surface area contributed by atoms with E-state index >= 15 is 0 Å². The van der Waals surface area contributed by atoms with Crippen LogP contribution in [0.15, 0.2) is 16.6 Å². The first-order valence-corrected chi connectivity index (χ1v) is 4.58. The van der Waals surface area contributed by atoms with Crippen LogP contribution in [0.1, 0.15) is 10.4 Å². The van der Waals surface area contributed by atoms with Crippen LogP contribution in [0.5, 0.6) is 0 Å². The van der Waals surface area contributed by atoms with Gasteiger partial charge in [0, 0.05) is 4.47 Å². The number of Topliss-reactive ketones (excluding diaryl/α,β-unsaturated/α-hetero) is 1. The summed E-state index contributed by atoms with van der Waals surface area (Å²) >= 11 is 8.31. The van der Waals surface area contributed by atoms with Gasteiger partial charge in [0.1, 0.15) is 0 Å². The monoisotopic (exact) mass is 286 g/mol. The third kappa shape index (κ3) is 2.09. The maximum Gasteiger partial charge on any atom is 0.300 e. The highest BCUT2D eigenvalue weighted by Crippen LogP contribution is 2.28. The average molecular weight is 287 g/mol. The molecule has 0 heterocycles.